The van der Waals surface area contributed by atoms with Gasteiger partial charge in [0.15, 0.2) is 5.76 Å². The van der Waals surface area contributed by atoms with Crippen LogP contribution in [0.2, 0.25) is 5.02 Å². The van der Waals surface area contributed by atoms with Crippen molar-refractivity contribution in [2.75, 3.05) is 5.32 Å². The summed E-state index contributed by atoms with van der Waals surface area (Å²) in [6.45, 7) is 0. The zero-order valence-electron chi connectivity index (χ0n) is 13.9. The summed E-state index contributed by atoms with van der Waals surface area (Å²) in [4.78, 5) is 24.3. The number of benzene rings is 2. The zero-order chi connectivity index (χ0) is 19.0. The van der Waals surface area contributed by atoms with Gasteiger partial charge in [0.25, 0.3) is 11.8 Å². The van der Waals surface area contributed by atoms with E-state index < -0.39 is 11.8 Å². The predicted octanol–water partition coefficient (Wildman–Crippen LogP) is 4.70. The van der Waals surface area contributed by atoms with E-state index in [1.165, 1.54) is 0 Å². The molecule has 0 unspecified atom stereocenters. The second-order valence-electron chi connectivity index (χ2n) is 5.79. The number of hydrogen-bond donors (Lipinski definition) is 2. The molecule has 6 nitrogen and oxygen atoms in total. The van der Waals surface area contributed by atoms with E-state index in [4.69, 9.17) is 26.2 Å². The topological polar surface area (TPSA) is 98.5 Å². The maximum atomic E-state index is 12.6. The first-order valence-electron chi connectivity index (χ1n) is 8.01. The molecule has 0 radical (unpaired) electrons. The van der Waals surface area contributed by atoms with Gasteiger partial charge in [0.05, 0.1) is 0 Å². The van der Waals surface area contributed by atoms with Crippen molar-refractivity contribution in [3.05, 3.63) is 77.2 Å². The number of furan rings is 2. The number of carbonyl (C=O) groups is 2. The Morgan fingerprint density at radius 1 is 0.963 bits per heavy atom. The summed E-state index contributed by atoms with van der Waals surface area (Å²) in [6, 6.07) is 17.5. The molecule has 0 spiro atoms. The Balaban J connectivity index is 1.68. The number of halogens is 1. The molecule has 2 heterocycles. The summed E-state index contributed by atoms with van der Waals surface area (Å²) < 4.78 is 11.1. The van der Waals surface area contributed by atoms with Gasteiger partial charge in [-0.15, -0.1) is 0 Å². The van der Waals surface area contributed by atoms with Crippen LogP contribution in [-0.2, 0) is 0 Å². The quantitative estimate of drug-likeness (QED) is 0.536. The summed E-state index contributed by atoms with van der Waals surface area (Å²) >= 11 is 5.94. The Hall–Kier alpha value is -3.51. The third-order valence-corrected chi connectivity index (χ3v) is 4.24. The first kappa shape index (κ1) is 16.9. The Bertz CT molecular complexity index is 1160. The number of carbonyl (C=O) groups excluding carboxylic acids is 2. The molecule has 0 saturated carbocycles. The molecule has 134 valence electrons. The van der Waals surface area contributed by atoms with Gasteiger partial charge in [0, 0.05) is 22.0 Å². The van der Waals surface area contributed by atoms with Crippen LogP contribution in [0.15, 0.2) is 69.5 Å². The van der Waals surface area contributed by atoms with Crippen molar-refractivity contribution in [1.29, 1.82) is 0 Å². The maximum Gasteiger partial charge on any atom is 0.291 e. The highest BCUT2D eigenvalue weighted by Crippen LogP contribution is 2.33. The van der Waals surface area contributed by atoms with E-state index in [0.29, 0.717) is 21.8 Å². The minimum atomic E-state index is -0.804. The lowest BCUT2D eigenvalue weighted by Crippen LogP contribution is -2.16. The SMILES string of the molecule is NC(=O)c1oc2cc(Cl)ccc2c1NC(=O)c1ccc(-c2ccccc2)o1. The van der Waals surface area contributed by atoms with Crippen molar-refractivity contribution >= 4 is 40.1 Å². The van der Waals surface area contributed by atoms with Gasteiger partial charge in [-0.25, -0.2) is 0 Å². The molecule has 3 N–H and O–H groups in total. The highest BCUT2D eigenvalue weighted by molar-refractivity contribution is 6.31. The lowest BCUT2D eigenvalue weighted by molar-refractivity contribution is 0.0977. The second kappa shape index (κ2) is 6.66. The molecule has 0 aliphatic rings. The summed E-state index contributed by atoms with van der Waals surface area (Å²) in [7, 11) is 0. The van der Waals surface area contributed by atoms with E-state index in [2.05, 4.69) is 5.32 Å². The monoisotopic (exact) mass is 380 g/mol. The molecule has 4 aromatic rings. The van der Waals surface area contributed by atoms with Crippen LogP contribution in [0, 0.1) is 0 Å². The Morgan fingerprint density at radius 2 is 1.74 bits per heavy atom. The zero-order valence-corrected chi connectivity index (χ0v) is 14.6. The smallest absolute Gasteiger partial charge is 0.291 e. The molecular formula is C20H13ClN2O4. The molecule has 7 heteroatoms. The number of nitrogens with one attached hydrogen (secondary N) is 1. The largest absolute Gasteiger partial charge is 0.451 e. The minimum absolute atomic E-state index is 0.0904. The van der Waals surface area contributed by atoms with Gasteiger partial charge in [-0.3, -0.25) is 9.59 Å². The van der Waals surface area contributed by atoms with Gasteiger partial charge in [-0.1, -0.05) is 41.9 Å². The van der Waals surface area contributed by atoms with Gasteiger partial charge in [0.1, 0.15) is 17.0 Å². The molecule has 0 bridgehead atoms. The number of fused-ring (bicyclic) bond motifs is 1. The van der Waals surface area contributed by atoms with E-state index >= 15 is 0 Å². The van der Waals surface area contributed by atoms with Crippen molar-refractivity contribution in [2.45, 2.75) is 0 Å². The molecule has 2 amide bonds. The fourth-order valence-electron chi connectivity index (χ4n) is 2.76. The Kier molecular flexibility index (Phi) is 4.18. The third-order valence-electron chi connectivity index (χ3n) is 4.00. The van der Waals surface area contributed by atoms with Crippen LogP contribution in [0.3, 0.4) is 0 Å². The average molecular weight is 381 g/mol. The number of anilines is 1. The number of rotatable bonds is 4. The summed E-state index contributed by atoms with van der Waals surface area (Å²) in [5.74, 6) is -0.845. The Labute approximate surface area is 158 Å². The number of nitrogens with two attached hydrogens (primary N) is 1. The van der Waals surface area contributed by atoms with Gasteiger partial charge >= 0.3 is 0 Å². The average Bonchev–Trinajstić information content (AvgIpc) is 3.28. The van der Waals surface area contributed by atoms with E-state index in [1.807, 2.05) is 30.3 Å². The molecule has 2 aromatic carbocycles. The number of primary amides is 1. The fourth-order valence-corrected chi connectivity index (χ4v) is 2.92. The molecular weight excluding hydrogens is 368 g/mol. The van der Waals surface area contributed by atoms with E-state index in [9.17, 15) is 9.59 Å². The standard InChI is InChI=1S/C20H13ClN2O4/c21-12-6-7-13-16(10-12)27-18(19(22)24)17(13)23-20(25)15-9-8-14(26-15)11-4-2-1-3-5-11/h1-10H,(H2,22,24)(H,23,25). The van der Waals surface area contributed by atoms with Crippen molar-refractivity contribution < 1.29 is 18.4 Å². The van der Waals surface area contributed by atoms with Crippen LogP contribution in [-0.4, -0.2) is 11.8 Å². The molecule has 0 aliphatic carbocycles. The maximum absolute atomic E-state index is 12.6. The minimum Gasteiger partial charge on any atom is -0.451 e. The van der Waals surface area contributed by atoms with Gasteiger partial charge in [-0.2, -0.15) is 0 Å². The number of amides is 2. The second-order valence-corrected chi connectivity index (χ2v) is 6.23. The fraction of sp³-hybridized carbons (Fsp3) is 0. The highest BCUT2D eigenvalue weighted by Gasteiger charge is 2.22. The van der Waals surface area contributed by atoms with Crippen LogP contribution in [0.25, 0.3) is 22.3 Å². The summed E-state index contributed by atoms with van der Waals surface area (Å²) in [5.41, 5.74) is 6.74. The molecule has 2 aromatic heterocycles. The predicted molar refractivity (Wildman–Crippen MR) is 102 cm³/mol. The molecule has 27 heavy (non-hydrogen) atoms. The molecule has 4 rings (SSSR count). The molecule has 0 aliphatic heterocycles. The van der Waals surface area contributed by atoms with Crippen LogP contribution in [0.5, 0.6) is 0 Å². The molecule has 0 saturated heterocycles. The van der Waals surface area contributed by atoms with E-state index in [0.717, 1.165) is 5.56 Å². The summed E-state index contributed by atoms with van der Waals surface area (Å²) in [5, 5.41) is 3.59. The van der Waals surface area contributed by atoms with Gasteiger partial charge in [-0.05, 0) is 24.3 Å². The first-order chi connectivity index (χ1) is 13.0. The molecule has 0 atom stereocenters. The summed E-state index contributed by atoms with van der Waals surface area (Å²) in [6.07, 6.45) is 0. The van der Waals surface area contributed by atoms with E-state index in [1.54, 1.807) is 30.3 Å². The van der Waals surface area contributed by atoms with Crippen molar-refractivity contribution in [2.24, 2.45) is 5.73 Å². The van der Waals surface area contributed by atoms with Crippen LogP contribution >= 0.6 is 11.6 Å². The van der Waals surface area contributed by atoms with Crippen LogP contribution in [0.4, 0.5) is 5.69 Å². The lowest BCUT2D eigenvalue weighted by atomic mass is 10.2. The van der Waals surface area contributed by atoms with Gasteiger partial charge < -0.3 is 19.9 Å². The third kappa shape index (κ3) is 3.18. The van der Waals surface area contributed by atoms with Crippen molar-refractivity contribution in [3.8, 4) is 11.3 Å². The van der Waals surface area contributed by atoms with Gasteiger partial charge in [0.2, 0.25) is 5.76 Å². The van der Waals surface area contributed by atoms with Crippen molar-refractivity contribution in [1.82, 2.24) is 0 Å². The Morgan fingerprint density at radius 3 is 2.48 bits per heavy atom. The van der Waals surface area contributed by atoms with Crippen LogP contribution in [0.1, 0.15) is 21.1 Å². The lowest BCUT2D eigenvalue weighted by Gasteiger charge is -2.03. The van der Waals surface area contributed by atoms with E-state index in [-0.39, 0.29) is 17.2 Å². The highest BCUT2D eigenvalue weighted by atomic mass is 35.5. The molecule has 0 fully saturated rings. The first-order valence-corrected chi connectivity index (χ1v) is 8.39. The van der Waals surface area contributed by atoms with Crippen molar-refractivity contribution in [3.63, 3.8) is 0 Å². The van der Waals surface area contributed by atoms with Crippen LogP contribution < -0.4 is 11.1 Å². The normalized spacial score (nSPS) is 10.9. The number of hydrogen-bond acceptors (Lipinski definition) is 4.